The Morgan fingerprint density at radius 3 is 2.52 bits per heavy atom. The van der Waals surface area contributed by atoms with Crippen molar-refractivity contribution in [3.63, 3.8) is 0 Å². The lowest BCUT2D eigenvalue weighted by atomic mass is 10.1. The molecule has 0 aliphatic heterocycles. The van der Waals surface area contributed by atoms with Gasteiger partial charge in [0.25, 0.3) is 5.91 Å². The fraction of sp³-hybridized carbons (Fsp3) is 0.316. The van der Waals surface area contributed by atoms with Crippen molar-refractivity contribution in [2.24, 2.45) is 0 Å². The summed E-state index contributed by atoms with van der Waals surface area (Å²) < 4.78 is 6.47. The van der Waals surface area contributed by atoms with Crippen molar-refractivity contribution in [1.82, 2.24) is 5.32 Å². The van der Waals surface area contributed by atoms with E-state index in [-0.39, 0.29) is 18.6 Å². The van der Waals surface area contributed by atoms with E-state index in [9.17, 15) is 4.79 Å². The average Bonchev–Trinajstić information content (AvgIpc) is 2.54. The van der Waals surface area contributed by atoms with E-state index < -0.39 is 0 Å². The second-order valence-electron chi connectivity index (χ2n) is 5.61. The highest BCUT2D eigenvalue weighted by Crippen LogP contribution is 2.26. The summed E-state index contributed by atoms with van der Waals surface area (Å²) in [7, 11) is 0. The molecule has 1 N–H and O–H groups in total. The van der Waals surface area contributed by atoms with Crippen LogP contribution in [-0.2, 0) is 11.2 Å². The first-order valence-corrected chi connectivity index (χ1v) is 8.56. The maximum absolute atomic E-state index is 12.1. The van der Waals surface area contributed by atoms with Crippen LogP contribution in [0, 0.1) is 6.92 Å². The number of benzene rings is 2. The zero-order chi connectivity index (χ0) is 16.8. The standard InChI is InChI=1S/C19H22BrNO2/c1-4-15-7-10-18(17(20)11-15)23-12-19(22)21-14(3)16-8-5-13(2)6-9-16/h5-11,14H,4,12H2,1-3H3,(H,21,22)/t14-/m1/s1. The van der Waals surface area contributed by atoms with Gasteiger partial charge in [-0.2, -0.15) is 0 Å². The monoisotopic (exact) mass is 375 g/mol. The Hall–Kier alpha value is -1.81. The number of rotatable bonds is 6. The van der Waals surface area contributed by atoms with E-state index in [0.29, 0.717) is 5.75 Å². The second-order valence-corrected chi connectivity index (χ2v) is 6.46. The fourth-order valence-electron chi connectivity index (χ4n) is 2.25. The molecule has 0 aromatic heterocycles. The molecule has 0 unspecified atom stereocenters. The number of amides is 1. The first kappa shape index (κ1) is 17.5. The van der Waals surface area contributed by atoms with Gasteiger partial charge in [-0.05, 0) is 59.5 Å². The first-order chi connectivity index (χ1) is 11.0. The van der Waals surface area contributed by atoms with Gasteiger partial charge in [0.15, 0.2) is 6.61 Å². The van der Waals surface area contributed by atoms with E-state index in [1.165, 1.54) is 11.1 Å². The molecule has 23 heavy (non-hydrogen) atoms. The minimum atomic E-state index is -0.135. The van der Waals surface area contributed by atoms with Gasteiger partial charge in [-0.3, -0.25) is 4.79 Å². The molecule has 0 saturated carbocycles. The van der Waals surface area contributed by atoms with Gasteiger partial charge in [0, 0.05) is 0 Å². The Morgan fingerprint density at radius 1 is 1.22 bits per heavy atom. The highest BCUT2D eigenvalue weighted by Gasteiger charge is 2.11. The molecule has 0 saturated heterocycles. The highest BCUT2D eigenvalue weighted by molar-refractivity contribution is 9.10. The van der Waals surface area contributed by atoms with Crippen molar-refractivity contribution in [2.75, 3.05) is 6.61 Å². The second kappa shape index (κ2) is 8.16. The van der Waals surface area contributed by atoms with E-state index in [1.807, 2.05) is 56.3 Å². The lowest BCUT2D eigenvalue weighted by molar-refractivity contribution is -0.123. The van der Waals surface area contributed by atoms with E-state index in [0.717, 1.165) is 16.5 Å². The summed E-state index contributed by atoms with van der Waals surface area (Å²) in [5.74, 6) is 0.546. The SMILES string of the molecule is CCc1ccc(OCC(=O)N[C@H](C)c2ccc(C)cc2)c(Br)c1. The molecule has 0 fully saturated rings. The van der Waals surface area contributed by atoms with Gasteiger partial charge in [0.2, 0.25) is 0 Å². The molecule has 1 amide bonds. The van der Waals surface area contributed by atoms with E-state index >= 15 is 0 Å². The number of ether oxygens (including phenoxy) is 1. The molecule has 2 aromatic rings. The van der Waals surface area contributed by atoms with Crippen LogP contribution in [0.4, 0.5) is 0 Å². The molecule has 122 valence electrons. The molecular formula is C19H22BrNO2. The van der Waals surface area contributed by atoms with Crippen LogP contribution in [-0.4, -0.2) is 12.5 Å². The van der Waals surface area contributed by atoms with Crippen LogP contribution in [0.25, 0.3) is 0 Å². The highest BCUT2D eigenvalue weighted by atomic mass is 79.9. The van der Waals surface area contributed by atoms with E-state index in [2.05, 4.69) is 28.2 Å². The number of hydrogen-bond acceptors (Lipinski definition) is 2. The summed E-state index contributed by atoms with van der Waals surface area (Å²) in [6, 6.07) is 14.0. The minimum absolute atomic E-state index is 0.000271. The Bertz CT molecular complexity index is 668. The zero-order valence-electron chi connectivity index (χ0n) is 13.7. The predicted molar refractivity (Wildman–Crippen MR) is 96.8 cm³/mol. The molecule has 0 aliphatic rings. The van der Waals surface area contributed by atoms with Crippen LogP contribution in [0.3, 0.4) is 0 Å². The van der Waals surface area contributed by atoms with Crippen molar-refractivity contribution in [3.05, 3.63) is 63.6 Å². The van der Waals surface area contributed by atoms with Crippen LogP contribution < -0.4 is 10.1 Å². The lowest BCUT2D eigenvalue weighted by Gasteiger charge is -2.15. The predicted octanol–water partition coefficient (Wildman–Crippen LogP) is 4.58. The summed E-state index contributed by atoms with van der Waals surface area (Å²) in [6.45, 7) is 6.11. The first-order valence-electron chi connectivity index (χ1n) is 7.76. The Balaban J connectivity index is 1.88. The molecule has 4 heteroatoms. The van der Waals surface area contributed by atoms with Gasteiger partial charge < -0.3 is 10.1 Å². The third-order valence-electron chi connectivity index (χ3n) is 3.72. The molecule has 1 atom stereocenters. The number of aryl methyl sites for hydroxylation is 2. The molecule has 2 rings (SSSR count). The zero-order valence-corrected chi connectivity index (χ0v) is 15.3. The van der Waals surface area contributed by atoms with E-state index in [4.69, 9.17) is 4.74 Å². The van der Waals surface area contributed by atoms with Gasteiger partial charge in [-0.25, -0.2) is 0 Å². The summed E-state index contributed by atoms with van der Waals surface area (Å²) in [5, 5.41) is 2.95. The van der Waals surface area contributed by atoms with Gasteiger partial charge in [0.1, 0.15) is 5.75 Å². The number of carbonyl (C=O) groups excluding carboxylic acids is 1. The van der Waals surface area contributed by atoms with Crippen molar-refractivity contribution in [1.29, 1.82) is 0 Å². The molecule has 0 radical (unpaired) electrons. The Kier molecular flexibility index (Phi) is 6.22. The van der Waals surface area contributed by atoms with Crippen LogP contribution in [0.1, 0.15) is 36.6 Å². The molecule has 0 spiro atoms. The summed E-state index contributed by atoms with van der Waals surface area (Å²) in [4.78, 5) is 12.1. The van der Waals surface area contributed by atoms with Gasteiger partial charge in [-0.15, -0.1) is 0 Å². The summed E-state index contributed by atoms with van der Waals surface area (Å²) in [5.41, 5.74) is 3.51. The molecule has 0 aliphatic carbocycles. The minimum Gasteiger partial charge on any atom is -0.483 e. The molecule has 3 nitrogen and oxygen atoms in total. The van der Waals surface area contributed by atoms with Gasteiger partial charge >= 0.3 is 0 Å². The van der Waals surface area contributed by atoms with Crippen LogP contribution in [0.2, 0.25) is 0 Å². The van der Waals surface area contributed by atoms with Crippen LogP contribution in [0.15, 0.2) is 46.9 Å². The topological polar surface area (TPSA) is 38.3 Å². The van der Waals surface area contributed by atoms with Crippen LogP contribution in [0.5, 0.6) is 5.75 Å². The Labute approximate surface area is 146 Å². The number of halogens is 1. The lowest BCUT2D eigenvalue weighted by Crippen LogP contribution is -2.31. The molecular weight excluding hydrogens is 354 g/mol. The fourth-order valence-corrected chi connectivity index (χ4v) is 2.79. The van der Waals surface area contributed by atoms with Crippen molar-refractivity contribution in [2.45, 2.75) is 33.2 Å². The number of nitrogens with one attached hydrogen (secondary N) is 1. The maximum Gasteiger partial charge on any atom is 0.258 e. The third kappa shape index (κ3) is 5.10. The van der Waals surface area contributed by atoms with Crippen LogP contribution >= 0.6 is 15.9 Å². The normalized spacial score (nSPS) is 11.8. The third-order valence-corrected chi connectivity index (χ3v) is 4.34. The van der Waals surface area contributed by atoms with Crippen molar-refractivity contribution >= 4 is 21.8 Å². The van der Waals surface area contributed by atoms with Gasteiger partial charge in [0.05, 0.1) is 10.5 Å². The van der Waals surface area contributed by atoms with E-state index in [1.54, 1.807) is 0 Å². The average molecular weight is 376 g/mol. The van der Waals surface area contributed by atoms with Crippen molar-refractivity contribution in [3.8, 4) is 5.75 Å². The maximum atomic E-state index is 12.1. The summed E-state index contributed by atoms with van der Waals surface area (Å²) >= 11 is 3.48. The smallest absolute Gasteiger partial charge is 0.258 e. The van der Waals surface area contributed by atoms with Crippen molar-refractivity contribution < 1.29 is 9.53 Å². The largest absolute Gasteiger partial charge is 0.483 e. The molecule has 0 heterocycles. The number of hydrogen-bond donors (Lipinski definition) is 1. The number of carbonyl (C=O) groups is 1. The van der Waals surface area contributed by atoms with Gasteiger partial charge in [-0.1, -0.05) is 42.8 Å². The Morgan fingerprint density at radius 2 is 1.91 bits per heavy atom. The molecule has 0 bridgehead atoms. The quantitative estimate of drug-likeness (QED) is 0.802. The molecule has 2 aromatic carbocycles. The summed E-state index contributed by atoms with van der Waals surface area (Å²) in [6.07, 6.45) is 0.966.